The summed E-state index contributed by atoms with van der Waals surface area (Å²) < 4.78 is 5.64. The highest BCUT2D eigenvalue weighted by Gasteiger charge is 2.20. The number of alkyl halides is 1. The molecule has 1 aromatic rings. The van der Waals surface area contributed by atoms with Gasteiger partial charge in [0.25, 0.3) is 0 Å². The van der Waals surface area contributed by atoms with Crippen molar-refractivity contribution in [3.8, 4) is 0 Å². The molecule has 1 aliphatic rings. The number of aromatic nitrogens is 1. The van der Waals surface area contributed by atoms with Crippen molar-refractivity contribution >= 4 is 29.0 Å². The molecule has 2 heterocycles. The molecule has 0 spiro atoms. The SMILES string of the molecule is ClCCOC1CCN(c2ccc(Cl)cn2)CC1. The monoisotopic (exact) mass is 274 g/mol. The topological polar surface area (TPSA) is 25.4 Å². The van der Waals surface area contributed by atoms with Crippen LogP contribution in [0, 0.1) is 0 Å². The highest BCUT2D eigenvalue weighted by molar-refractivity contribution is 6.30. The number of nitrogens with zero attached hydrogens (tertiary/aromatic N) is 2. The number of piperidine rings is 1. The third-order valence-electron chi connectivity index (χ3n) is 2.91. The van der Waals surface area contributed by atoms with Crippen LogP contribution in [0.3, 0.4) is 0 Å². The highest BCUT2D eigenvalue weighted by Crippen LogP contribution is 2.20. The maximum absolute atomic E-state index is 5.82. The first kappa shape index (κ1) is 12.9. The molecule has 0 unspecified atom stereocenters. The molecule has 3 nitrogen and oxygen atoms in total. The lowest BCUT2D eigenvalue weighted by molar-refractivity contribution is 0.0471. The van der Waals surface area contributed by atoms with Crippen LogP contribution in [-0.2, 0) is 4.74 Å². The number of anilines is 1. The standard InChI is InChI=1S/C12H16Cl2N2O/c13-5-8-17-11-3-6-16(7-4-11)12-2-1-10(14)9-15-12/h1-2,9,11H,3-8H2. The smallest absolute Gasteiger partial charge is 0.128 e. The Morgan fingerprint density at radius 3 is 2.71 bits per heavy atom. The molecule has 94 valence electrons. The van der Waals surface area contributed by atoms with Crippen LogP contribution in [0.1, 0.15) is 12.8 Å². The van der Waals surface area contributed by atoms with E-state index >= 15 is 0 Å². The van der Waals surface area contributed by atoms with Gasteiger partial charge < -0.3 is 9.64 Å². The normalized spacial score (nSPS) is 17.4. The molecule has 1 fully saturated rings. The van der Waals surface area contributed by atoms with Crippen molar-refractivity contribution < 1.29 is 4.74 Å². The molecule has 5 heteroatoms. The van der Waals surface area contributed by atoms with Gasteiger partial charge in [-0.2, -0.15) is 0 Å². The van der Waals surface area contributed by atoms with Crippen LogP contribution in [0.15, 0.2) is 18.3 Å². The van der Waals surface area contributed by atoms with Crippen LogP contribution in [0.5, 0.6) is 0 Å². The molecule has 0 amide bonds. The van der Waals surface area contributed by atoms with E-state index in [1.54, 1.807) is 6.20 Å². The second kappa shape index (κ2) is 6.43. The lowest BCUT2D eigenvalue weighted by Crippen LogP contribution is -2.37. The summed E-state index contributed by atoms with van der Waals surface area (Å²) in [7, 11) is 0. The van der Waals surface area contributed by atoms with E-state index in [1.807, 2.05) is 12.1 Å². The van der Waals surface area contributed by atoms with E-state index in [0.717, 1.165) is 31.7 Å². The third-order valence-corrected chi connectivity index (χ3v) is 3.29. The van der Waals surface area contributed by atoms with Gasteiger partial charge in [0.1, 0.15) is 5.82 Å². The molecular formula is C12H16Cl2N2O. The maximum atomic E-state index is 5.82. The van der Waals surface area contributed by atoms with Gasteiger partial charge in [-0.05, 0) is 25.0 Å². The lowest BCUT2D eigenvalue weighted by atomic mass is 10.1. The van der Waals surface area contributed by atoms with E-state index in [4.69, 9.17) is 27.9 Å². The average Bonchev–Trinajstić information content (AvgIpc) is 2.38. The second-order valence-corrected chi connectivity index (χ2v) is 4.90. The summed E-state index contributed by atoms with van der Waals surface area (Å²) in [6, 6.07) is 3.84. The molecule has 0 atom stereocenters. The van der Waals surface area contributed by atoms with Crippen molar-refractivity contribution in [2.24, 2.45) is 0 Å². The first-order chi connectivity index (χ1) is 8.29. The van der Waals surface area contributed by atoms with Gasteiger partial charge >= 0.3 is 0 Å². The van der Waals surface area contributed by atoms with E-state index in [9.17, 15) is 0 Å². The van der Waals surface area contributed by atoms with E-state index in [0.29, 0.717) is 23.6 Å². The summed E-state index contributed by atoms with van der Waals surface area (Å²) in [5, 5.41) is 0.675. The Kier molecular flexibility index (Phi) is 4.89. The molecule has 0 bridgehead atoms. The molecule has 0 aromatic carbocycles. The van der Waals surface area contributed by atoms with Crippen molar-refractivity contribution in [1.29, 1.82) is 0 Å². The number of ether oxygens (including phenoxy) is 1. The number of rotatable bonds is 4. The van der Waals surface area contributed by atoms with Gasteiger partial charge in [0.05, 0.1) is 17.7 Å². The van der Waals surface area contributed by atoms with Crippen molar-refractivity contribution in [3.63, 3.8) is 0 Å². The molecule has 2 rings (SSSR count). The minimum Gasteiger partial charge on any atom is -0.377 e. The molecule has 0 saturated carbocycles. The average molecular weight is 275 g/mol. The Hall–Kier alpha value is -0.510. The van der Waals surface area contributed by atoms with Crippen LogP contribution in [0.25, 0.3) is 0 Å². The largest absolute Gasteiger partial charge is 0.377 e. The molecule has 0 N–H and O–H groups in total. The lowest BCUT2D eigenvalue weighted by Gasteiger charge is -2.32. The Balaban J connectivity index is 1.84. The zero-order valence-corrected chi connectivity index (χ0v) is 11.1. The van der Waals surface area contributed by atoms with Gasteiger partial charge in [-0.25, -0.2) is 4.98 Å². The van der Waals surface area contributed by atoms with Gasteiger partial charge in [0.2, 0.25) is 0 Å². The summed E-state index contributed by atoms with van der Waals surface area (Å²) in [5.41, 5.74) is 0. The van der Waals surface area contributed by atoms with E-state index in [2.05, 4.69) is 9.88 Å². The fourth-order valence-corrected chi connectivity index (χ4v) is 2.22. The van der Waals surface area contributed by atoms with Gasteiger partial charge in [0, 0.05) is 25.2 Å². The summed E-state index contributed by atoms with van der Waals surface area (Å²) in [5.74, 6) is 1.56. The van der Waals surface area contributed by atoms with Crippen LogP contribution >= 0.6 is 23.2 Å². The quantitative estimate of drug-likeness (QED) is 0.790. The maximum Gasteiger partial charge on any atom is 0.128 e. The molecule has 1 aliphatic heterocycles. The predicted molar refractivity (Wildman–Crippen MR) is 71.2 cm³/mol. The van der Waals surface area contributed by atoms with Crippen molar-refractivity contribution in [3.05, 3.63) is 23.4 Å². The van der Waals surface area contributed by atoms with Gasteiger partial charge in [-0.3, -0.25) is 0 Å². The Morgan fingerprint density at radius 2 is 2.12 bits per heavy atom. The summed E-state index contributed by atoms with van der Waals surface area (Å²) in [6.45, 7) is 2.59. The Labute approximate surface area is 112 Å². The minimum atomic E-state index is 0.345. The Bertz CT molecular complexity index is 337. The van der Waals surface area contributed by atoms with Crippen molar-refractivity contribution in [1.82, 2.24) is 4.98 Å². The predicted octanol–water partition coefficient (Wildman–Crippen LogP) is 2.96. The molecule has 0 radical (unpaired) electrons. The molecule has 1 aromatic heterocycles. The van der Waals surface area contributed by atoms with E-state index in [1.165, 1.54) is 0 Å². The molecule has 17 heavy (non-hydrogen) atoms. The van der Waals surface area contributed by atoms with E-state index < -0.39 is 0 Å². The third kappa shape index (κ3) is 3.73. The molecular weight excluding hydrogens is 259 g/mol. The van der Waals surface area contributed by atoms with Gasteiger partial charge in [0.15, 0.2) is 0 Å². The fourth-order valence-electron chi connectivity index (χ4n) is 2.02. The number of hydrogen-bond acceptors (Lipinski definition) is 3. The second-order valence-electron chi connectivity index (χ2n) is 4.08. The van der Waals surface area contributed by atoms with Crippen molar-refractivity contribution in [2.45, 2.75) is 18.9 Å². The van der Waals surface area contributed by atoms with Crippen LogP contribution in [-0.4, -0.2) is 36.7 Å². The minimum absolute atomic E-state index is 0.345. The number of halogens is 2. The number of pyridine rings is 1. The summed E-state index contributed by atoms with van der Waals surface area (Å²) in [6.07, 6.45) is 4.09. The van der Waals surface area contributed by atoms with Crippen LogP contribution < -0.4 is 4.90 Å². The van der Waals surface area contributed by atoms with Crippen LogP contribution in [0.2, 0.25) is 5.02 Å². The zero-order valence-electron chi connectivity index (χ0n) is 9.61. The summed E-state index contributed by atoms with van der Waals surface area (Å²) >= 11 is 11.4. The van der Waals surface area contributed by atoms with Gasteiger partial charge in [-0.15, -0.1) is 11.6 Å². The first-order valence-electron chi connectivity index (χ1n) is 5.83. The van der Waals surface area contributed by atoms with E-state index in [-0.39, 0.29) is 0 Å². The zero-order chi connectivity index (χ0) is 12.1. The Morgan fingerprint density at radius 1 is 1.35 bits per heavy atom. The van der Waals surface area contributed by atoms with Gasteiger partial charge in [-0.1, -0.05) is 11.6 Å². The number of hydrogen-bond donors (Lipinski definition) is 0. The molecule has 0 aliphatic carbocycles. The van der Waals surface area contributed by atoms with Crippen LogP contribution in [0.4, 0.5) is 5.82 Å². The highest BCUT2D eigenvalue weighted by atomic mass is 35.5. The molecule has 1 saturated heterocycles. The first-order valence-corrected chi connectivity index (χ1v) is 6.75. The van der Waals surface area contributed by atoms with Crippen molar-refractivity contribution in [2.75, 3.05) is 30.5 Å². The fraction of sp³-hybridized carbons (Fsp3) is 0.583. The summed E-state index contributed by atoms with van der Waals surface area (Å²) in [4.78, 5) is 6.58.